The molecule has 0 aliphatic rings. The molecular weight excluding hydrogens is 216 g/mol. The summed E-state index contributed by atoms with van der Waals surface area (Å²) in [5.74, 6) is 0. The minimum atomic E-state index is -0.393. The van der Waals surface area contributed by atoms with Gasteiger partial charge in [-0.25, -0.2) is 4.79 Å². The van der Waals surface area contributed by atoms with Gasteiger partial charge in [0.2, 0.25) is 0 Å². The fourth-order valence-corrected chi connectivity index (χ4v) is 1.63. The van der Waals surface area contributed by atoms with Crippen molar-refractivity contribution in [3.63, 3.8) is 0 Å². The lowest BCUT2D eigenvalue weighted by molar-refractivity contribution is 0.0924. The highest BCUT2D eigenvalue weighted by atomic mass is 16.6. The van der Waals surface area contributed by atoms with Crippen LogP contribution in [-0.4, -0.2) is 18.1 Å². The fraction of sp³-hybridized carbons (Fsp3) is 0.538. The lowest BCUT2D eigenvalue weighted by Crippen LogP contribution is -2.22. The van der Waals surface area contributed by atoms with Crippen LogP contribution < -0.4 is 5.32 Å². The number of rotatable bonds is 6. The van der Waals surface area contributed by atoms with E-state index in [9.17, 15) is 4.79 Å². The minimum absolute atomic E-state index is 0.199. The van der Waals surface area contributed by atoms with E-state index < -0.39 is 6.09 Å². The molecule has 0 radical (unpaired) electrons. The van der Waals surface area contributed by atoms with Crippen molar-refractivity contribution in [2.75, 3.05) is 7.05 Å². The molecule has 1 amide bonds. The predicted molar refractivity (Wildman–Crippen MR) is 66.7 cm³/mol. The van der Waals surface area contributed by atoms with Crippen LogP contribution in [0.4, 0.5) is 4.79 Å². The first-order valence-corrected chi connectivity index (χ1v) is 6.06. The summed E-state index contributed by atoms with van der Waals surface area (Å²) in [6.45, 7) is 2.15. The number of hydrogen-bond acceptors (Lipinski definition) is 3. The van der Waals surface area contributed by atoms with Gasteiger partial charge in [0.1, 0.15) is 6.10 Å². The van der Waals surface area contributed by atoms with E-state index in [1.165, 1.54) is 0 Å². The summed E-state index contributed by atoms with van der Waals surface area (Å²) in [6, 6.07) is 3.79. The maximum atomic E-state index is 11.3. The van der Waals surface area contributed by atoms with Gasteiger partial charge in [0.25, 0.3) is 0 Å². The van der Waals surface area contributed by atoms with Crippen molar-refractivity contribution in [2.24, 2.45) is 0 Å². The average molecular weight is 236 g/mol. The second-order valence-corrected chi connectivity index (χ2v) is 3.93. The highest BCUT2D eigenvalue weighted by Crippen LogP contribution is 2.23. The third kappa shape index (κ3) is 4.85. The molecule has 4 nitrogen and oxygen atoms in total. The first kappa shape index (κ1) is 13.5. The van der Waals surface area contributed by atoms with Crippen LogP contribution in [0.5, 0.6) is 0 Å². The normalized spacial score (nSPS) is 11.9. The van der Waals surface area contributed by atoms with Crippen LogP contribution in [0.25, 0.3) is 0 Å². The van der Waals surface area contributed by atoms with Gasteiger partial charge in [0.05, 0.1) is 0 Å². The summed E-state index contributed by atoms with van der Waals surface area (Å²) in [5, 5.41) is 2.47. The lowest BCUT2D eigenvalue weighted by Gasteiger charge is -2.17. The molecule has 0 fully saturated rings. The van der Waals surface area contributed by atoms with Crippen molar-refractivity contribution < 1.29 is 9.53 Å². The van der Waals surface area contributed by atoms with E-state index in [4.69, 9.17) is 4.74 Å². The zero-order valence-electron chi connectivity index (χ0n) is 10.5. The number of ether oxygens (including phenoxy) is 1. The van der Waals surface area contributed by atoms with Gasteiger partial charge >= 0.3 is 6.09 Å². The van der Waals surface area contributed by atoms with E-state index in [0.29, 0.717) is 0 Å². The summed E-state index contributed by atoms with van der Waals surface area (Å²) in [4.78, 5) is 15.3. The summed E-state index contributed by atoms with van der Waals surface area (Å²) in [6.07, 6.45) is 7.06. The van der Waals surface area contributed by atoms with Crippen LogP contribution in [0.15, 0.2) is 24.5 Å². The zero-order chi connectivity index (χ0) is 12.5. The minimum Gasteiger partial charge on any atom is -0.441 e. The predicted octanol–water partition coefficient (Wildman–Crippen LogP) is 3.06. The largest absolute Gasteiger partial charge is 0.441 e. The van der Waals surface area contributed by atoms with Gasteiger partial charge in [-0.1, -0.05) is 25.8 Å². The average Bonchev–Trinajstić information content (AvgIpc) is 2.38. The Balaban J connectivity index is 2.61. The molecular formula is C13H20N2O2. The monoisotopic (exact) mass is 236 g/mol. The molecule has 94 valence electrons. The molecule has 0 saturated heterocycles. The first-order chi connectivity index (χ1) is 8.27. The highest BCUT2D eigenvalue weighted by molar-refractivity contribution is 5.67. The van der Waals surface area contributed by atoms with E-state index in [2.05, 4.69) is 17.2 Å². The van der Waals surface area contributed by atoms with E-state index in [1.54, 1.807) is 19.4 Å². The van der Waals surface area contributed by atoms with Gasteiger partial charge in [-0.2, -0.15) is 0 Å². The maximum Gasteiger partial charge on any atom is 0.407 e. The van der Waals surface area contributed by atoms with Gasteiger partial charge in [-0.3, -0.25) is 4.98 Å². The number of alkyl carbamates (subject to hydrolysis) is 1. The molecule has 0 spiro atoms. The highest BCUT2D eigenvalue weighted by Gasteiger charge is 2.15. The number of carbonyl (C=O) groups is 1. The Morgan fingerprint density at radius 3 is 2.94 bits per heavy atom. The number of aromatic nitrogens is 1. The molecule has 1 unspecified atom stereocenters. The smallest absolute Gasteiger partial charge is 0.407 e. The molecule has 4 heteroatoms. The van der Waals surface area contributed by atoms with Crippen molar-refractivity contribution in [2.45, 2.75) is 38.7 Å². The Bertz CT molecular complexity index is 327. The topological polar surface area (TPSA) is 51.2 Å². The molecule has 0 aliphatic carbocycles. The fourth-order valence-electron chi connectivity index (χ4n) is 1.63. The number of pyridine rings is 1. The third-order valence-corrected chi connectivity index (χ3v) is 2.58. The van der Waals surface area contributed by atoms with Crippen molar-refractivity contribution in [1.29, 1.82) is 0 Å². The number of amides is 1. The second-order valence-electron chi connectivity index (χ2n) is 3.93. The van der Waals surface area contributed by atoms with Crippen LogP contribution in [-0.2, 0) is 4.74 Å². The van der Waals surface area contributed by atoms with Crippen LogP contribution in [0, 0.1) is 0 Å². The molecule has 0 bridgehead atoms. The number of carbonyl (C=O) groups excluding carboxylic acids is 1. The summed E-state index contributed by atoms with van der Waals surface area (Å²) in [7, 11) is 1.56. The Labute approximate surface area is 102 Å². The molecule has 1 atom stereocenters. The second kappa shape index (κ2) is 7.65. The first-order valence-electron chi connectivity index (χ1n) is 6.06. The van der Waals surface area contributed by atoms with Gasteiger partial charge in [-0.15, -0.1) is 0 Å². The number of unbranched alkanes of at least 4 members (excludes halogenated alkanes) is 2. The van der Waals surface area contributed by atoms with Crippen LogP contribution in [0.3, 0.4) is 0 Å². The molecule has 1 aromatic rings. The van der Waals surface area contributed by atoms with Crippen LogP contribution >= 0.6 is 0 Å². The lowest BCUT2D eigenvalue weighted by atomic mass is 10.0. The Hall–Kier alpha value is -1.58. The molecule has 1 heterocycles. The Kier molecular flexibility index (Phi) is 6.07. The summed E-state index contributed by atoms with van der Waals surface area (Å²) >= 11 is 0. The molecule has 1 aromatic heterocycles. The number of nitrogens with one attached hydrogen (secondary N) is 1. The van der Waals surface area contributed by atoms with E-state index >= 15 is 0 Å². The van der Waals surface area contributed by atoms with Crippen LogP contribution in [0.1, 0.15) is 44.3 Å². The number of hydrogen-bond donors (Lipinski definition) is 1. The van der Waals surface area contributed by atoms with Crippen molar-refractivity contribution in [1.82, 2.24) is 10.3 Å². The van der Waals surface area contributed by atoms with Gasteiger partial charge in [0.15, 0.2) is 0 Å². The Morgan fingerprint density at radius 2 is 2.35 bits per heavy atom. The van der Waals surface area contributed by atoms with Gasteiger partial charge < -0.3 is 10.1 Å². The maximum absolute atomic E-state index is 11.3. The van der Waals surface area contributed by atoms with E-state index in [0.717, 1.165) is 31.2 Å². The quantitative estimate of drug-likeness (QED) is 0.772. The van der Waals surface area contributed by atoms with Gasteiger partial charge in [-0.05, 0) is 18.9 Å². The van der Waals surface area contributed by atoms with Crippen molar-refractivity contribution >= 4 is 6.09 Å². The molecule has 0 aromatic carbocycles. The zero-order valence-corrected chi connectivity index (χ0v) is 10.5. The van der Waals surface area contributed by atoms with Crippen molar-refractivity contribution in [3.8, 4) is 0 Å². The van der Waals surface area contributed by atoms with E-state index in [1.807, 2.05) is 12.1 Å². The Morgan fingerprint density at radius 1 is 1.53 bits per heavy atom. The molecule has 1 N–H and O–H groups in total. The number of nitrogens with zero attached hydrogens (tertiary/aromatic N) is 1. The SMILES string of the molecule is CCCCCC(OC(=O)NC)c1cccnc1. The molecule has 0 saturated carbocycles. The third-order valence-electron chi connectivity index (χ3n) is 2.58. The van der Waals surface area contributed by atoms with Gasteiger partial charge in [0, 0.05) is 25.0 Å². The van der Waals surface area contributed by atoms with Crippen LogP contribution in [0.2, 0.25) is 0 Å². The molecule has 17 heavy (non-hydrogen) atoms. The molecule has 1 rings (SSSR count). The standard InChI is InChI=1S/C13H20N2O2/c1-3-4-5-8-12(17-13(16)14-2)11-7-6-9-15-10-11/h6-7,9-10,12H,3-5,8H2,1-2H3,(H,14,16). The summed E-state index contributed by atoms with van der Waals surface area (Å²) < 4.78 is 5.34. The van der Waals surface area contributed by atoms with E-state index in [-0.39, 0.29) is 6.10 Å². The van der Waals surface area contributed by atoms with Crippen molar-refractivity contribution in [3.05, 3.63) is 30.1 Å². The summed E-state index contributed by atoms with van der Waals surface area (Å²) in [5.41, 5.74) is 0.951. The molecule has 0 aliphatic heterocycles.